The van der Waals surface area contributed by atoms with E-state index in [0.29, 0.717) is 17.9 Å². The summed E-state index contributed by atoms with van der Waals surface area (Å²) in [5, 5.41) is 8.39. The molecule has 0 aliphatic carbocycles. The van der Waals surface area contributed by atoms with Crippen molar-refractivity contribution in [3.8, 4) is 0 Å². The van der Waals surface area contributed by atoms with Gasteiger partial charge in [0.05, 0.1) is 6.20 Å². The second kappa shape index (κ2) is 2.17. The van der Waals surface area contributed by atoms with Gasteiger partial charge in [0, 0.05) is 0 Å². The molecule has 1 aromatic heterocycles. The molecule has 0 aromatic carbocycles. The molecule has 1 heterocycles. The second-order valence-electron chi connectivity index (χ2n) is 1.46. The molecule has 1 rings (SSSR count). The fraction of sp³-hybridized carbons (Fsp3) is 0. The Morgan fingerprint density at radius 2 is 2.67 bits per heavy atom. The van der Waals surface area contributed by atoms with Crippen molar-refractivity contribution in [1.29, 1.82) is 0 Å². The molecule has 0 bridgehead atoms. The van der Waals surface area contributed by atoms with Crippen LogP contribution in [0.1, 0.15) is 0 Å². The molecule has 0 atom stereocenters. The number of H-pyrrole nitrogens is 1. The lowest BCUT2D eigenvalue weighted by Gasteiger charge is -1.90. The summed E-state index contributed by atoms with van der Waals surface area (Å²) in [6, 6.07) is 0. The first kappa shape index (κ1) is 5.61. The lowest BCUT2D eigenvalue weighted by atomic mass is 10.5. The summed E-state index contributed by atoms with van der Waals surface area (Å²) in [6.45, 7) is 0. The molecule has 5 heteroatoms. The van der Waals surface area contributed by atoms with Crippen LogP contribution in [0.15, 0.2) is 6.20 Å². The van der Waals surface area contributed by atoms with Crippen LogP contribution < -0.4 is 11.1 Å². The predicted molar refractivity (Wildman–Crippen MR) is 32.7 cm³/mol. The number of hydrogen-bond donors (Lipinski definition) is 3. The highest BCUT2D eigenvalue weighted by atomic mass is 16.1. The van der Waals surface area contributed by atoms with Crippen molar-refractivity contribution in [2.24, 2.45) is 0 Å². The normalized spacial score (nSPS) is 8.89. The molecule has 9 heavy (non-hydrogen) atoms. The van der Waals surface area contributed by atoms with E-state index in [-0.39, 0.29) is 0 Å². The molecule has 0 fully saturated rings. The van der Waals surface area contributed by atoms with Gasteiger partial charge < -0.3 is 11.1 Å². The zero-order chi connectivity index (χ0) is 6.69. The average molecular weight is 126 g/mol. The Kier molecular flexibility index (Phi) is 1.35. The topological polar surface area (TPSA) is 83.8 Å². The highest BCUT2D eigenvalue weighted by Gasteiger charge is 1.95. The highest BCUT2D eigenvalue weighted by molar-refractivity contribution is 5.76. The zero-order valence-electron chi connectivity index (χ0n) is 4.59. The summed E-state index contributed by atoms with van der Waals surface area (Å²) < 4.78 is 0. The molecule has 0 saturated carbocycles. The first-order valence-electron chi connectivity index (χ1n) is 2.33. The molecule has 0 aliphatic heterocycles. The number of aromatic nitrogens is 2. The monoisotopic (exact) mass is 126 g/mol. The van der Waals surface area contributed by atoms with Gasteiger partial charge in [0.1, 0.15) is 11.5 Å². The summed E-state index contributed by atoms with van der Waals surface area (Å²) >= 11 is 0. The molecule has 5 nitrogen and oxygen atoms in total. The summed E-state index contributed by atoms with van der Waals surface area (Å²) in [5.41, 5.74) is 5.79. The van der Waals surface area contributed by atoms with Crippen molar-refractivity contribution in [2.45, 2.75) is 0 Å². The van der Waals surface area contributed by atoms with Crippen LogP contribution in [0.2, 0.25) is 0 Å². The minimum atomic E-state index is 0.363. The first-order valence-corrected chi connectivity index (χ1v) is 2.33. The zero-order valence-corrected chi connectivity index (χ0v) is 4.59. The van der Waals surface area contributed by atoms with Gasteiger partial charge in [-0.2, -0.15) is 5.10 Å². The number of nitrogens with two attached hydrogens (primary N) is 1. The third-order valence-electron chi connectivity index (χ3n) is 0.883. The Balaban J connectivity index is 2.80. The smallest absolute Gasteiger partial charge is 0.211 e. The number of amides is 1. The van der Waals surface area contributed by atoms with Gasteiger partial charge in [-0.1, -0.05) is 0 Å². The van der Waals surface area contributed by atoms with Crippen LogP contribution in [0, 0.1) is 0 Å². The summed E-state index contributed by atoms with van der Waals surface area (Å²) in [5.74, 6) is 0.363. The highest BCUT2D eigenvalue weighted by Crippen LogP contribution is 2.10. The van der Waals surface area contributed by atoms with Crippen LogP contribution in [0.3, 0.4) is 0 Å². The Labute approximate surface area is 51.2 Å². The fourth-order valence-electron chi connectivity index (χ4n) is 0.475. The van der Waals surface area contributed by atoms with Crippen LogP contribution in [-0.4, -0.2) is 16.6 Å². The van der Waals surface area contributed by atoms with E-state index in [9.17, 15) is 4.79 Å². The number of rotatable bonds is 2. The van der Waals surface area contributed by atoms with Gasteiger partial charge in [0.25, 0.3) is 0 Å². The molecule has 0 radical (unpaired) electrons. The van der Waals surface area contributed by atoms with Crippen LogP contribution >= 0.6 is 0 Å². The number of carbonyl (C=O) groups excluding carboxylic acids is 1. The number of hydrogen-bond acceptors (Lipinski definition) is 3. The predicted octanol–water partition coefficient (Wildman–Crippen LogP) is -0.440. The Morgan fingerprint density at radius 1 is 1.89 bits per heavy atom. The largest absolute Gasteiger partial charge is 0.382 e. The molecule has 1 aromatic rings. The SMILES string of the molecule is Nc1[nH]ncc1NC=O. The maximum absolute atomic E-state index is 9.82. The van der Waals surface area contributed by atoms with Crippen molar-refractivity contribution in [2.75, 3.05) is 11.1 Å². The Bertz CT molecular complexity index is 206. The molecule has 0 unspecified atom stereocenters. The van der Waals surface area contributed by atoms with E-state index in [1.807, 2.05) is 0 Å². The molecular formula is C4H6N4O. The molecule has 4 N–H and O–H groups in total. The molecule has 48 valence electrons. The van der Waals surface area contributed by atoms with Gasteiger partial charge in [-0.05, 0) is 0 Å². The van der Waals surface area contributed by atoms with E-state index in [4.69, 9.17) is 5.73 Å². The third-order valence-corrected chi connectivity index (χ3v) is 0.883. The van der Waals surface area contributed by atoms with Gasteiger partial charge in [-0.15, -0.1) is 0 Å². The van der Waals surface area contributed by atoms with E-state index in [1.165, 1.54) is 6.20 Å². The van der Waals surface area contributed by atoms with Crippen LogP contribution in [0.4, 0.5) is 11.5 Å². The summed E-state index contributed by atoms with van der Waals surface area (Å²) in [4.78, 5) is 9.82. The fourth-order valence-corrected chi connectivity index (χ4v) is 0.475. The van der Waals surface area contributed by atoms with E-state index in [1.54, 1.807) is 0 Å². The third kappa shape index (κ3) is 0.987. The quantitative estimate of drug-likeness (QED) is 0.470. The van der Waals surface area contributed by atoms with E-state index < -0.39 is 0 Å². The molecule has 0 aliphatic rings. The average Bonchev–Trinajstić information content (AvgIpc) is 2.18. The molecule has 1 amide bonds. The minimum absolute atomic E-state index is 0.363. The van der Waals surface area contributed by atoms with Gasteiger partial charge in [-0.25, -0.2) is 0 Å². The van der Waals surface area contributed by atoms with E-state index in [2.05, 4.69) is 15.5 Å². The van der Waals surface area contributed by atoms with E-state index >= 15 is 0 Å². The molecular weight excluding hydrogens is 120 g/mol. The van der Waals surface area contributed by atoms with Crippen molar-refractivity contribution in [3.63, 3.8) is 0 Å². The van der Waals surface area contributed by atoms with Gasteiger partial charge >= 0.3 is 0 Å². The van der Waals surface area contributed by atoms with Crippen molar-refractivity contribution < 1.29 is 4.79 Å². The van der Waals surface area contributed by atoms with Gasteiger partial charge in [0.2, 0.25) is 6.41 Å². The standard InChI is InChI=1S/C4H6N4O/c5-4-3(6-2-9)1-7-8-4/h1-2H,(H,6,9)(H3,5,7,8). The Hall–Kier alpha value is -1.52. The maximum atomic E-state index is 9.82. The Morgan fingerprint density at radius 3 is 3.11 bits per heavy atom. The second-order valence-corrected chi connectivity index (χ2v) is 1.46. The van der Waals surface area contributed by atoms with Crippen LogP contribution in [-0.2, 0) is 4.79 Å². The van der Waals surface area contributed by atoms with Crippen LogP contribution in [0.25, 0.3) is 0 Å². The lowest BCUT2D eigenvalue weighted by molar-refractivity contribution is -0.105. The molecule has 0 saturated heterocycles. The number of nitrogens with zero attached hydrogens (tertiary/aromatic N) is 1. The number of nitrogens with one attached hydrogen (secondary N) is 2. The number of anilines is 2. The van der Waals surface area contributed by atoms with Gasteiger partial charge in [-0.3, -0.25) is 9.89 Å². The van der Waals surface area contributed by atoms with Crippen molar-refractivity contribution >= 4 is 17.9 Å². The van der Waals surface area contributed by atoms with Crippen LogP contribution in [0.5, 0.6) is 0 Å². The number of carbonyl (C=O) groups is 1. The van der Waals surface area contributed by atoms with Gasteiger partial charge in [0.15, 0.2) is 0 Å². The maximum Gasteiger partial charge on any atom is 0.211 e. The molecule has 0 spiro atoms. The summed E-state index contributed by atoms with van der Waals surface area (Å²) in [6.07, 6.45) is 1.98. The summed E-state index contributed by atoms with van der Waals surface area (Å²) in [7, 11) is 0. The first-order chi connectivity index (χ1) is 4.34. The number of aromatic amines is 1. The van der Waals surface area contributed by atoms with Crippen molar-refractivity contribution in [3.05, 3.63) is 6.20 Å². The lowest BCUT2D eigenvalue weighted by Crippen LogP contribution is -1.95. The van der Waals surface area contributed by atoms with E-state index in [0.717, 1.165) is 0 Å². The van der Waals surface area contributed by atoms with Crippen molar-refractivity contribution in [1.82, 2.24) is 10.2 Å². The minimum Gasteiger partial charge on any atom is -0.382 e. The number of nitrogen functional groups attached to an aromatic ring is 1.